The van der Waals surface area contributed by atoms with Crippen molar-refractivity contribution in [3.63, 3.8) is 0 Å². The van der Waals surface area contributed by atoms with Crippen LogP contribution in [0.25, 0.3) is 0 Å². The van der Waals surface area contributed by atoms with Crippen molar-refractivity contribution in [1.82, 2.24) is 4.90 Å². The van der Waals surface area contributed by atoms with Crippen LogP contribution in [0, 0.1) is 18.3 Å². The molecule has 1 heterocycles. The molecule has 2 rings (SSSR count). The third-order valence-corrected chi connectivity index (χ3v) is 3.42. The van der Waals surface area contributed by atoms with Gasteiger partial charge in [-0.05, 0) is 17.7 Å². The van der Waals surface area contributed by atoms with E-state index in [-0.39, 0.29) is 37.0 Å². The number of hydrogen-bond donors (Lipinski definition) is 2. The van der Waals surface area contributed by atoms with E-state index in [4.69, 9.17) is 6.42 Å². The van der Waals surface area contributed by atoms with Crippen molar-refractivity contribution in [1.29, 1.82) is 0 Å². The molecule has 0 spiro atoms. The predicted octanol–water partition coefficient (Wildman–Crippen LogP) is 0.870. The number of likely N-dealkylation sites (tertiary alicyclic amines) is 1. The molecule has 1 aliphatic rings. The van der Waals surface area contributed by atoms with Gasteiger partial charge in [0, 0.05) is 25.3 Å². The number of carbonyl (C=O) groups excluding carboxylic acids is 1. The van der Waals surface area contributed by atoms with Gasteiger partial charge in [0.1, 0.15) is 11.8 Å². The molecule has 5 heteroatoms. The molecule has 20 heavy (non-hydrogen) atoms. The normalized spacial score (nSPS) is 19.6. The molecule has 0 radical (unpaired) electrons. The maximum absolute atomic E-state index is 11.9. The number of benzene rings is 1. The third-order valence-electron chi connectivity index (χ3n) is 3.42. The van der Waals surface area contributed by atoms with Crippen LogP contribution in [-0.2, 0) is 16.0 Å². The van der Waals surface area contributed by atoms with Gasteiger partial charge in [-0.25, -0.2) is 4.79 Å². The van der Waals surface area contributed by atoms with Crippen LogP contribution in [0.2, 0.25) is 0 Å². The molecule has 0 saturated carbocycles. The highest BCUT2D eigenvalue weighted by molar-refractivity contribution is 5.85. The molecule has 2 atom stereocenters. The van der Waals surface area contributed by atoms with Crippen LogP contribution in [-0.4, -0.2) is 39.6 Å². The van der Waals surface area contributed by atoms with E-state index in [1.807, 2.05) is 0 Å². The Kier molecular flexibility index (Phi) is 3.94. The van der Waals surface area contributed by atoms with Crippen LogP contribution in [0.5, 0.6) is 5.75 Å². The van der Waals surface area contributed by atoms with Gasteiger partial charge >= 0.3 is 5.97 Å². The molecule has 1 fully saturated rings. The summed E-state index contributed by atoms with van der Waals surface area (Å²) in [7, 11) is 0. The van der Waals surface area contributed by atoms with E-state index in [1.165, 1.54) is 17.0 Å². The molecule has 1 saturated heterocycles. The largest absolute Gasteiger partial charge is 0.508 e. The number of hydrogen-bond acceptors (Lipinski definition) is 3. The molecule has 1 aromatic rings. The Morgan fingerprint density at radius 2 is 2.10 bits per heavy atom. The lowest BCUT2D eigenvalue weighted by Gasteiger charge is -2.24. The van der Waals surface area contributed by atoms with Crippen molar-refractivity contribution < 1.29 is 19.8 Å². The highest BCUT2D eigenvalue weighted by Gasteiger charge is 2.36. The van der Waals surface area contributed by atoms with Crippen molar-refractivity contribution in [3.05, 3.63) is 29.8 Å². The van der Waals surface area contributed by atoms with E-state index in [1.54, 1.807) is 12.1 Å². The number of aromatic hydroxyl groups is 1. The summed E-state index contributed by atoms with van der Waals surface area (Å²) in [6, 6.07) is 5.34. The van der Waals surface area contributed by atoms with Gasteiger partial charge in [-0.15, -0.1) is 12.3 Å². The van der Waals surface area contributed by atoms with Crippen molar-refractivity contribution in [2.24, 2.45) is 5.92 Å². The maximum atomic E-state index is 11.9. The highest BCUT2D eigenvalue weighted by Crippen LogP contribution is 2.22. The molecule has 2 N–H and O–H groups in total. The first-order valence-corrected chi connectivity index (χ1v) is 6.27. The summed E-state index contributed by atoms with van der Waals surface area (Å²) in [6.07, 6.45) is 5.70. The second-order valence-corrected chi connectivity index (χ2v) is 4.84. The molecule has 104 valence electrons. The molecule has 0 aliphatic carbocycles. The zero-order valence-corrected chi connectivity index (χ0v) is 10.8. The number of carboxylic acid groups (broad SMARTS) is 1. The fourth-order valence-electron chi connectivity index (χ4n) is 2.33. The summed E-state index contributed by atoms with van der Waals surface area (Å²) < 4.78 is 0. The first-order chi connectivity index (χ1) is 9.51. The number of terminal acetylenes is 1. The molecule has 1 amide bonds. The zero-order valence-electron chi connectivity index (χ0n) is 10.8. The Morgan fingerprint density at radius 3 is 2.60 bits per heavy atom. The molecule has 1 unspecified atom stereocenters. The third kappa shape index (κ3) is 2.91. The van der Waals surface area contributed by atoms with Crippen LogP contribution in [0.15, 0.2) is 24.3 Å². The summed E-state index contributed by atoms with van der Waals surface area (Å²) >= 11 is 0. The number of rotatable bonds is 4. The first kappa shape index (κ1) is 13.9. The number of phenols is 1. The van der Waals surface area contributed by atoms with E-state index in [0.717, 1.165) is 5.56 Å². The lowest BCUT2D eigenvalue weighted by molar-refractivity contribution is -0.148. The highest BCUT2D eigenvalue weighted by atomic mass is 16.4. The van der Waals surface area contributed by atoms with Gasteiger partial charge in [0.2, 0.25) is 5.91 Å². The first-order valence-electron chi connectivity index (χ1n) is 6.27. The average molecular weight is 273 g/mol. The van der Waals surface area contributed by atoms with Gasteiger partial charge in [-0.1, -0.05) is 12.1 Å². The Balaban J connectivity index is 2.16. The molecule has 1 aromatic carbocycles. The minimum Gasteiger partial charge on any atom is -0.508 e. The maximum Gasteiger partial charge on any atom is 0.326 e. The predicted molar refractivity (Wildman–Crippen MR) is 71.9 cm³/mol. The number of carboxylic acids is 1. The Hall–Kier alpha value is -2.48. The van der Waals surface area contributed by atoms with Crippen LogP contribution < -0.4 is 0 Å². The summed E-state index contributed by atoms with van der Waals surface area (Å²) in [6.45, 7) is 0.282. The Bertz CT molecular complexity index is 558. The zero-order chi connectivity index (χ0) is 14.7. The smallest absolute Gasteiger partial charge is 0.326 e. The minimum atomic E-state index is -1.05. The van der Waals surface area contributed by atoms with Crippen molar-refractivity contribution in [3.8, 4) is 18.1 Å². The van der Waals surface area contributed by atoms with Gasteiger partial charge in [0.05, 0.1) is 0 Å². The van der Waals surface area contributed by atoms with Crippen molar-refractivity contribution in [2.75, 3.05) is 6.54 Å². The number of carbonyl (C=O) groups is 2. The lowest BCUT2D eigenvalue weighted by Crippen LogP contribution is -2.43. The van der Waals surface area contributed by atoms with E-state index in [0.29, 0.717) is 0 Å². The molecule has 1 aliphatic heterocycles. The molecular formula is C15H15NO4. The fraction of sp³-hybridized carbons (Fsp3) is 0.333. The van der Waals surface area contributed by atoms with Gasteiger partial charge in [0.15, 0.2) is 0 Å². The van der Waals surface area contributed by atoms with E-state index in [2.05, 4.69) is 5.92 Å². The monoisotopic (exact) mass is 273 g/mol. The number of phenolic OH excluding ortho intramolecular Hbond substituents is 1. The van der Waals surface area contributed by atoms with E-state index >= 15 is 0 Å². The van der Waals surface area contributed by atoms with Crippen molar-refractivity contribution in [2.45, 2.75) is 18.9 Å². The molecule has 0 aromatic heterocycles. The summed E-state index contributed by atoms with van der Waals surface area (Å²) in [5.41, 5.74) is 0.743. The van der Waals surface area contributed by atoms with E-state index < -0.39 is 12.0 Å². The van der Waals surface area contributed by atoms with Crippen molar-refractivity contribution >= 4 is 11.9 Å². The standard InChI is InChI=1S/C15H15NO4/c1-2-10-8-14(18)16(9-10)13(15(19)20)7-11-3-5-12(17)6-4-11/h1,3-6,10,13,17H,7-9H2,(H,19,20)/t10?,13-/m0/s1. The van der Waals surface area contributed by atoms with Crippen LogP contribution >= 0.6 is 0 Å². The fourth-order valence-corrected chi connectivity index (χ4v) is 2.33. The second-order valence-electron chi connectivity index (χ2n) is 4.84. The minimum absolute atomic E-state index is 0.116. The van der Waals surface area contributed by atoms with Gasteiger partial charge in [0.25, 0.3) is 0 Å². The van der Waals surface area contributed by atoms with Gasteiger partial charge < -0.3 is 15.1 Å². The summed E-state index contributed by atoms with van der Waals surface area (Å²) in [5, 5.41) is 18.5. The van der Waals surface area contributed by atoms with Gasteiger partial charge in [-0.3, -0.25) is 4.79 Å². The quantitative estimate of drug-likeness (QED) is 0.798. The van der Waals surface area contributed by atoms with Crippen LogP contribution in [0.1, 0.15) is 12.0 Å². The Labute approximate surface area is 116 Å². The lowest BCUT2D eigenvalue weighted by atomic mass is 10.0. The van der Waals surface area contributed by atoms with Crippen LogP contribution in [0.4, 0.5) is 0 Å². The average Bonchev–Trinajstić information content (AvgIpc) is 2.79. The molecule has 0 bridgehead atoms. The molecule has 5 nitrogen and oxygen atoms in total. The van der Waals surface area contributed by atoms with Crippen LogP contribution in [0.3, 0.4) is 0 Å². The number of nitrogens with zero attached hydrogens (tertiary/aromatic N) is 1. The van der Waals surface area contributed by atoms with Gasteiger partial charge in [-0.2, -0.15) is 0 Å². The Morgan fingerprint density at radius 1 is 1.45 bits per heavy atom. The topological polar surface area (TPSA) is 77.8 Å². The second kappa shape index (κ2) is 5.66. The number of aliphatic carboxylic acids is 1. The SMILES string of the molecule is C#CC1CC(=O)N([C@@H](Cc2ccc(O)cc2)C(=O)O)C1. The van der Waals surface area contributed by atoms with E-state index in [9.17, 15) is 19.8 Å². The molecular weight excluding hydrogens is 258 g/mol. The number of amides is 1. The summed E-state index contributed by atoms with van der Waals surface area (Å²) in [4.78, 5) is 24.6. The summed E-state index contributed by atoms with van der Waals surface area (Å²) in [5.74, 6) is 1.12.